The molecule has 1 amide bonds. The summed E-state index contributed by atoms with van der Waals surface area (Å²) in [7, 11) is 1.80. The van der Waals surface area contributed by atoms with Crippen molar-refractivity contribution in [3.05, 3.63) is 59.7 Å². The zero-order chi connectivity index (χ0) is 18.9. The largest absolute Gasteiger partial charge is 0.373 e. The smallest absolute Gasteiger partial charge is 0.267 e. The number of nitrogens with zero attached hydrogens (tertiary/aromatic N) is 3. The molecule has 1 saturated heterocycles. The number of hydrogen-bond donors (Lipinski definition) is 1. The number of fused-ring (bicyclic) bond motifs is 2. The highest BCUT2D eigenvalue weighted by Crippen LogP contribution is 2.51. The van der Waals surface area contributed by atoms with E-state index in [-0.39, 0.29) is 5.60 Å². The Morgan fingerprint density at radius 1 is 1.22 bits per heavy atom. The maximum Gasteiger partial charge on any atom is 0.267 e. The van der Waals surface area contributed by atoms with Crippen LogP contribution in [0.4, 0.5) is 0 Å². The number of nitrogens with two attached hydrogens (primary N) is 1. The summed E-state index contributed by atoms with van der Waals surface area (Å²) < 4.78 is 6.24. The Morgan fingerprint density at radius 3 is 2.63 bits per heavy atom. The molecule has 2 N–H and O–H groups in total. The Kier molecular flexibility index (Phi) is 4.93. The first-order chi connectivity index (χ1) is 13.1. The van der Waals surface area contributed by atoms with Crippen LogP contribution in [0, 0.1) is 11.8 Å². The Hall–Kier alpha value is -2.31. The standard InChI is InChI=1S/C21H26N4O2/c1-27-21(15-8-10-24-19(11-15)20(22)26)16-5-4-6-17(21)13-25(12-16)14-18-7-2-3-9-23-18/h2-3,7-11,16-17H,4-6,12-14H2,1H3,(H2,22,26)/t16-,17+,21?. The van der Waals surface area contributed by atoms with E-state index in [2.05, 4.69) is 20.9 Å². The van der Waals surface area contributed by atoms with Gasteiger partial charge in [-0.3, -0.25) is 19.7 Å². The van der Waals surface area contributed by atoms with Crippen LogP contribution in [-0.2, 0) is 16.9 Å². The summed E-state index contributed by atoms with van der Waals surface area (Å²) in [6, 6.07) is 9.87. The van der Waals surface area contributed by atoms with Crippen LogP contribution < -0.4 is 5.73 Å². The van der Waals surface area contributed by atoms with E-state index in [1.807, 2.05) is 30.5 Å². The van der Waals surface area contributed by atoms with Crippen molar-refractivity contribution < 1.29 is 9.53 Å². The number of primary amides is 1. The summed E-state index contributed by atoms with van der Waals surface area (Å²) in [4.78, 5) is 22.7. The first-order valence-corrected chi connectivity index (χ1v) is 9.57. The second-order valence-corrected chi connectivity index (χ2v) is 7.63. The molecule has 3 atom stereocenters. The van der Waals surface area contributed by atoms with Gasteiger partial charge in [-0.25, -0.2) is 0 Å². The number of pyridine rings is 2. The monoisotopic (exact) mass is 366 g/mol. The topological polar surface area (TPSA) is 81.3 Å². The molecule has 2 aliphatic rings. The molecule has 1 aliphatic carbocycles. The van der Waals surface area contributed by atoms with Crippen molar-refractivity contribution in [3.63, 3.8) is 0 Å². The van der Waals surface area contributed by atoms with Crippen molar-refractivity contribution in [2.75, 3.05) is 20.2 Å². The van der Waals surface area contributed by atoms with E-state index in [0.717, 1.165) is 43.7 Å². The Bertz CT molecular complexity index is 797. The SMILES string of the molecule is COC1(c2ccnc(C(N)=O)c2)[C@@H]2CCC[C@H]1CN(Cc1ccccn1)C2. The lowest BCUT2D eigenvalue weighted by Crippen LogP contribution is -2.58. The van der Waals surface area contributed by atoms with Crippen molar-refractivity contribution in [1.29, 1.82) is 0 Å². The number of piperidine rings is 1. The van der Waals surface area contributed by atoms with E-state index >= 15 is 0 Å². The van der Waals surface area contributed by atoms with Crippen LogP contribution in [0.1, 0.15) is 41.0 Å². The molecule has 6 heteroatoms. The fourth-order valence-electron chi connectivity index (χ4n) is 5.11. The minimum absolute atomic E-state index is 0.304. The fourth-order valence-corrected chi connectivity index (χ4v) is 5.11. The average Bonchev–Trinajstić information content (AvgIpc) is 2.68. The van der Waals surface area contributed by atoms with Crippen molar-refractivity contribution >= 4 is 5.91 Å². The fraction of sp³-hybridized carbons (Fsp3) is 0.476. The molecule has 27 heavy (non-hydrogen) atoms. The number of methoxy groups -OCH3 is 1. The van der Waals surface area contributed by atoms with Crippen LogP contribution in [0.3, 0.4) is 0 Å². The van der Waals surface area contributed by atoms with Gasteiger partial charge in [-0.15, -0.1) is 0 Å². The van der Waals surface area contributed by atoms with Crippen molar-refractivity contribution in [2.24, 2.45) is 17.6 Å². The summed E-state index contributed by atoms with van der Waals surface area (Å²) in [6.07, 6.45) is 6.95. The van der Waals surface area contributed by atoms with Gasteiger partial charge < -0.3 is 10.5 Å². The van der Waals surface area contributed by atoms with E-state index in [0.29, 0.717) is 17.5 Å². The predicted molar refractivity (Wildman–Crippen MR) is 102 cm³/mol. The molecule has 2 fully saturated rings. The molecule has 2 bridgehead atoms. The average molecular weight is 366 g/mol. The van der Waals surface area contributed by atoms with Gasteiger partial charge in [0.05, 0.1) is 5.69 Å². The zero-order valence-electron chi connectivity index (χ0n) is 15.7. The summed E-state index contributed by atoms with van der Waals surface area (Å²) in [6.45, 7) is 2.76. The molecule has 142 valence electrons. The van der Waals surface area contributed by atoms with Gasteiger partial charge in [-0.1, -0.05) is 12.5 Å². The van der Waals surface area contributed by atoms with Crippen LogP contribution in [0.25, 0.3) is 0 Å². The second-order valence-electron chi connectivity index (χ2n) is 7.63. The maximum absolute atomic E-state index is 11.6. The summed E-state index contributed by atoms with van der Waals surface area (Å²) >= 11 is 0. The van der Waals surface area contributed by atoms with E-state index < -0.39 is 5.91 Å². The molecule has 1 unspecified atom stereocenters. The maximum atomic E-state index is 11.6. The highest BCUT2D eigenvalue weighted by Gasteiger charge is 2.53. The number of rotatable bonds is 5. The van der Waals surface area contributed by atoms with Gasteiger partial charge in [0.2, 0.25) is 0 Å². The number of carbonyl (C=O) groups excluding carboxylic acids is 1. The highest BCUT2D eigenvalue weighted by molar-refractivity contribution is 5.90. The third kappa shape index (κ3) is 3.24. The van der Waals surface area contributed by atoms with Gasteiger partial charge in [0.1, 0.15) is 11.3 Å². The first kappa shape index (κ1) is 18.1. The van der Waals surface area contributed by atoms with Gasteiger partial charge in [0, 0.05) is 51.0 Å². The van der Waals surface area contributed by atoms with Gasteiger partial charge >= 0.3 is 0 Å². The molecule has 6 nitrogen and oxygen atoms in total. The molecular formula is C21H26N4O2. The highest BCUT2D eigenvalue weighted by atomic mass is 16.5. The molecule has 1 aliphatic heterocycles. The molecule has 4 rings (SSSR count). The normalized spacial score (nSPS) is 28.0. The van der Waals surface area contributed by atoms with Crippen LogP contribution >= 0.6 is 0 Å². The summed E-state index contributed by atoms with van der Waals surface area (Å²) in [5.74, 6) is 0.226. The molecule has 0 radical (unpaired) electrons. The van der Waals surface area contributed by atoms with Crippen molar-refractivity contribution in [1.82, 2.24) is 14.9 Å². The Labute approximate surface area is 159 Å². The molecule has 0 spiro atoms. The number of carbonyl (C=O) groups is 1. The number of hydrogen-bond acceptors (Lipinski definition) is 5. The lowest BCUT2D eigenvalue weighted by molar-refractivity contribution is -0.170. The van der Waals surface area contributed by atoms with Crippen LogP contribution in [0.5, 0.6) is 0 Å². The van der Waals surface area contributed by atoms with Gasteiger partial charge in [-0.05, 0) is 42.7 Å². The zero-order valence-corrected chi connectivity index (χ0v) is 15.7. The number of likely N-dealkylation sites (tertiary alicyclic amines) is 1. The molecule has 1 saturated carbocycles. The summed E-state index contributed by atoms with van der Waals surface area (Å²) in [5.41, 5.74) is 7.51. The van der Waals surface area contributed by atoms with Crippen LogP contribution in [-0.4, -0.2) is 41.0 Å². The van der Waals surface area contributed by atoms with Gasteiger partial charge in [-0.2, -0.15) is 0 Å². The number of ether oxygens (including phenoxy) is 1. The van der Waals surface area contributed by atoms with Gasteiger partial charge in [0.25, 0.3) is 5.91 Å². The third-order valence-corrected chi connectivity index (χ3v) is 6.19. The lowest BCUT2D eigenvalue weighted by atomic mass is 9.62. The Balaban J connectivity index is 1.64. The van der Waals surface area contributed by atoms with E-state index in [1.165, 1.54) is 6.42 Å². The molecule has 2 aromatic rings. The van der Waals surface area contributed by atoms with E-state index in [1.54, 1.807) is 13.3 Å². The molecule has 3 heterocycles. The second kappa shape index (κ2) is 7.37. The van der Waals surface area contributed by atoms with Gasteiger partial charge in [0.15, 0.2) is 0 Å². The van der Waals surface area contributed by atoms with Crippen LogP contribution in [0.15, 0.2) is 42.7 Å². The predicted octanol–water partition coefficient (Wildman–Crippen LogP) is 2.35. The third-order valence-electron chi connectivity index (χ3n) is 6.19. The van der Waals surface area contributed by atoms with Crippen molar-refractivity contribution in [3.8, 4) is 0 Å². The lowest BCUT2D eigenvalue weighted by Gasteiger charge is -2.55. The minimum atomic E-state index is -0.499. The molecular weight excluding hydrogens is 340 g/mol. The molecule has 0 aromatic carbocycles. The van der Waals surface area contributed by atoms with E-state index in [9.17, 15) is 4.79 Å². The van der Waals surface area contributed by atoms with E-state index in [4.69, 9.17) is 10.5 Å². The summed E-state index contributed by atoms with van der Waals surface area (Å²) in [5, 5.41) is 0. The quantitative estimate of drug-likeness (QED) is 0.878. The molecule has 2 aromatic heterocycles. The first-order valence-electron chi connectivity index (χ1n) is 9.57. The number of amides is 1. The van der Waals surface area contributed by atoms with Crippen molar-refractivity contribution in [2.45, 2.75) is 31.4 Å². The Morgan fingerprint density at radius 2 is 2.00 bits per heavy atom. The minimum Gasteiger partial charge on any atom is -0.373 e. The number of aromatic nitrogens is 2. The van der Waals surface area contributed by atoms with Crippen LogP contribution in [0.2, 0.25) is 0 Å².